The van der Waals surface area contributed by atoms with E-state index in [0.29, 0.717) is 11.6 Å². The van der Waals surface area contributed by atoms with Crippen LogP contribution in [0.15, 0.2) is 66.7 Å². The number of halogens is 10. The lowest BCUT2D eigenvalue weighted by Crippen LogP contribution is -2.23. The van der Waals surface area contributed by atoms with Gasteiger partial charge in [-0.05, 0) is 66.4 Å². The largest absolute Gasteiger partial charge is 0.573 e. The summed E-state index contributed by atoms with van der Waals surface area (Å²) >= 11 is 0. The molecule has 0 amide bonds. The van der Waals surface area contributed by atoms with Crippen molar-refractivity contribution in [3.63, 3.8) is 0 Å². The van der Waals surface area contributed by atoms with E-state index in [1.807, 2.05) is 12.1 Å². The topological polar surface area (TPSA) is 18.5 Å². The third kappa shape index (κ3) is 7.83. The van der Waals surface area contributed by atoms with E-state index in [0.717, 1.165) is 37.0 Å². The molecule has 0 aliphatic carbocycles. The Kier molecular flexibility index (Phi) is 9.47. The second-order valence-electron chi connectivity index (χ2n) is 9.44. The number of rotatable bonds is 8. The molecule has 0 unspecified atom stereocenters. The molecule has 0 spiro atoms. The fourth-order valence-electron chi connectivity index (χ4n) is 4.11. The van der Waals surface area contributed by atoms with Gasteiger partial charge < -0.3 is 9.47 Å². The lowest BCUT2D eigenvalue weighted by Gasteiger charge is -2.20. The predicted molar refractivity (Wildman–Crippen MR) is 140 cm³/mol. The number of hydrogen-bond acceptors (Lipinski definition) is 2. The van der Waals surface area contributed by atoms with Crippen LogP contribution in [0.25, 0.3) is 11.1 Å². The normalized spacial score (nSPS) is 11.6. The third-order valence-corrected chi connectivity index (χ3v) is 6.17. The first-order valence-electron chi connectivity index (χ1n) is 12.9. The van der Waals surface area contributed by atoms with Crippen molar-refractivity contribution in [3.05, 3.63) is 118 Å². The highest BCUT2D eigenvalue weighted by Crippen LogP contribution is 2.38. The van der Waals surface area contributed by atoms with Gasteiger partial charge in [-0.3, -0.25) is 0 Å². The Hall–Kier alpha value is -4.66. The third-order valence-electron chi connectivity index (χ3n) is 6.17. The highest BCUT2D eigenvalue weighted by Gasteiger charge is 2.38. The van der Waals surface area contributed by atoms with Gasteiger partial charge in [0.2, 0.25) is 5.75 Å². The molecule has 44 heavy (non-hydrogen) atoms. The average Bonchev–Trinajstić information content (AvgIpc) is 2.92. The first-order valence-corrected chi connectivity index (χ1v) is 12.9. The van der Waals surface area contributed by atoms with Crippen LogP contribution in [0.4, 0.5) is 43.9 Å². The molecule has 2 nitrogen and oxygen atoms in total. The fraction of sp³-hybridized carbons (Fsp3) is 0.188. The van der Waals surface area contributed by atoms with Gasteiger partial charge in [0.1, 0.15) is 28.8 Å². The standard InChI is InChI=1S/C32H20F10O2/c1-2-3-4-18-5-7-19(8-6-18)9-10-20-11-12-23(24(33)13-20)31(38,39)43-22-16-25(34)29(26(35)17-22)21-14-27(36)30(28(37)15-21)44-32(40,41)42/h5-8,11-17H,2-4H2,1H3. The van der Waals surface area contributed by atoms with E-state index in [1.54, 1.807) is 12.1 Å². The zero-order chi connectivity index (χ0) is 32.2. The van der Waals surface area contributed by atoms with E-state index >= 15 is 0 Å². The van der Waals surface area contributed by atoms with Gasteiger partial charge in [0, 0.05) is 23.3 Å². The van der Waals surface area contributed by atoms with Gasteiger partial charge in [-0.1, -0.05) is 37.3 Å². The van der Waals surface area contributed by atoms with E-state index < -0.39 is 69.7 Å². The van der Waals surface area contributed by atoms with E-state index in [1.165, 1.54) is 0 Å². The SMILES string of the molecule is CCCCc1ccc(C#Cc2ccc(C(F)(F)Oc3cc(F)c(-c4cc(F)c(OC(F)(F)F)c(F)c4)c(F)c3)c(F)c2)cc1. The van der Waals surface area contributed by atoms with Gasteiger partial charge in [0.05, 0.1) is 5.56 Å². The van der Waals surface area contributed by atoms with Gasteiger partial charge in [-0.2, -0.15) is 8.78 Å². The molecule has 0 aliphatic heterocycles. The Morgan fingerprint density at radius 3 is 1.75 bits per heavy atom. The summed E-state index contributed by atoms with van der Waals surface area (Å²) in [4.78, 5) is 0. The van der Waals surface area contributed by atoms with Crippen molar-refractivity contribution in [1.82, 2.24) is 0 Å². The molecule has 230 valence electrons. The number of benzene rings is 4. The molecule has 4 aromatic rings. The van der Waals surface area contributed by atoms with Crippen LogP contribution in [0.5, 0.6) is 11.5 Å². The maximum atomic E-state index is 14.8. The zero-order valence-electron chi connectivity index (χ0n) is 22.6. The summed E-state index contributed by atoms with van der Waals surface area (Å²) in [5.41, 5.74) is -1.55. The summed E-state index contributed by atoms with van der Waals surface area (Å²) in [7, 11) is 0. The number of hydrogen-bond donors (Lipinski definition) is 0. The Morgan fingerprint density at radius 1 is 0.636 bits per heavy atom. The maximum Gasteiger partial charge on any atom is 0.573 e. The summed E-state index contributed by atoms with van der Waals surface area (Å²) in [5, 5.41) is 0. The van der Waals surface area contributed by atoms with Crippen LogP contribution in [-0.4, -0.2) is 6.36 Å². The first-order chi connectivity index (χ1) is 20.7. The van der Waals surface area contributed by atoms with Gasteiger partial charge in [-0.25, -0.2) is 22.0 Å². The number of ether oxygens (including phenoxy) is 2. The molecule has 0 aliphatic rings. The molecule has 0 bridgehead atoms. The van der Waals surface area contributed by atoms with E-state index in [2.05, 4.69) is 28.2 Å². The van der Waals surface area contributed by atoms with Crippen LogP contribution >= 0.6 is 0 Å². The first kappa shape index (κ1) is 32.3. The van der Waals surface area contributed by atoms with Crippen molar-refractivity contribution in [2.45, 2.75) is 38.7 Å². The smallest absolute Gasteiger partial charge is 0.429 e. The van der Waals surface area contributed by atoms with Crippen molar-refractivity contribution in [2.24, 2.45) is 0 Å². The molecule has 0 heterocycles. The minimum absolute atomic E-state index is 0.0599. The van der Waals surface area contributed by atoms with E-state index in [9.17, 15) is 43.9 Å². The van der Waals surface area contributed by atoms with Crippen LogP contribution in [0, 0.1) is 40.9 Å². The Bertz CT molecular complexity index is 1670. The highest BCUT2D eigenvalue weighted by atomic mass is 19.4. The lowest BCUT2D eigenvalue weighted by molar-refractivity contribution is -0.276. The molecular formula is C32H20F10O2. The second kappa shape index (κ2) is 12.9. The summed E-state index contributed by atoms with van der Waals surface area (Å²) in [5.74, 6) is -6.17. The molecule has 0 saturated heterocycles. The minimum Gasteiger partial charge on any atom is -0.429 e. The van der Waals surface area contributed by atoms with E-state index in [-0.39, 0.29) is 29.8 Å². The quantitative estimate of drug-likeness (QED) is 0.143. The Morgan fingerprint density at radius 2 is 1.20 bits per heavy atom. The molecule has 0 radical (unpaired) electrons. The summed E-state index contributed by atoms with van der Waals surface area (Å²) in [6, 6.07) is 10.6. The minimum atomic E-state index is -5.46. The van der Waals surface area contributed by atoms with Gasteiger partial charge in [0.25, 0.3) is 0 Å². The van der Waals surface area contributed by atoms with Gasteiger partial charge >= 0.3 is 12.5 Å². The molecular weight excluding hydrogens is 606 g/mol. The molecule has 0 N–H and O–H groups in total. The molecule has 4 rings (SSSR count). The number of unbranched alkanes of at least 4 members (excludes halogenated alkanes) is 1. The van der Waals surface area contributed by atoms with Crippen LogP contribution in [0.3, 0.4) is 0 Å². The van der Waals surface area contributed by atoms with Crippen LogP contribution < -0.4 is 9.47 Å². The summed E-state index contributed by atoms with van der Waals surface area (Å²) in [6.45, 7) is 2.08. The number of aryl methyl sites for hydroxylation is 1. The zero-order valence-corrected chi connectivity index (χ0v) is 22.6. The Balaban J connectivity index is 1.53. The second-order valence-corrected chi connectivity index (χ2v) is 9.44. The van der Waals surface area contributed by atoms with Crippen molar-refractivity contribution in [3.8, 4) is 34.5 Å². The summed E-state index contributed by atoms with van der Waals surface area (Å²) < 4.78 is 147. The van der Waals surface area contributed by atoms with E-state index in [4.69, 9.17) is 0 Å². The molecule has 0 atom stereocenters. The highest BCUT2D eigenvalue weighted by molar-refractivity contribution is 5.67. The fourth-order valence-corrected chi connectivity index (χ4v) is 4.11. The molecule has 4 aromatic carbocycles. The van der Waals surface area contributed by atoms with Crippen LogP contribution in [0.2, 0.25) is 0 Å². The summed E-state index contributed by atoms with van der Waals surface area (Å²) in [6.07, 6.45) is -6.92. The lowest BCUT2D eigenvalue weighted by atomic mass is 10.0. The molecule has 12 heteroatoms. The van der Waals surface area contributed by atoms with Crippen molar-refractivity contribution in [2.75, 3.05) is 0 Å². The van der Waals surface area contributed by atoms with Gasteiger partial charge in [0.15, 0.2) is 11.6 Å². The molecule has 0 aromatic heterocycles. The van der Waals surface area contributed by atoms with Crippen molar-refractivity contribution >= 4 is 0 Å². The predicted octanol–water partition coefficient (Wildman–Crippen LogP) is 9.82. The molecule has 0 fully saturated rings. The average molecular weight is 626 g/mol. The van der Waals surface area contributed by atoms with Crippen molar-refractivity contribution in [1.29, 1.82) is 0 Å². The van der Waals surface area contributed by atoms with Crippen molar-refractivity contribution < 1.29 is 53.4 Å². The van der Waals surface area contributed by atoms with Gasteiger partial charge in [-0.15, -0.1) is 13.2 Å². The maximum absolute atomic E-state index is 14.8. The van der Waals surface area contributed by atoms with Crippen LogP contribution in [-0.2, 0) is 12.5 Å². The Labute approximate surface area is 244 Å². The van der Waals surface area contributed by atoms with Crippen LogP contribution in [0.1, 0.15) is 42.0 Å². The number of alkyl halides is 5. The monoisotopic (exact) mass is 626 g/mol. The molecule has 0 saturated carbocycles.